The Labute approximate surface area is 134 Å². The van der Waals surface area contributed by atoms with Crippen LogP contribution in [0.1, 0.15) is 67.0 Å². The highest BCUT2D eigenvalue weighted by molar-refractivity contribution is 6.21. The predicted molar refractivity (Wildman–Crippen MR) is 91.2 cm³/mol. The van der Waals surface area contributed by atoms with Gasteiger partial charge in [-0.15, -0.1) is 11.6 Å². The Balaban J connectivity index is 1.63. The van der Waals surface area contributed by atoms with Crippen LogP contribution in [0.25, 0.3) is 0 Å². The maximum absolute atomic E-state index is 6.72. The van der Waals surface area contributed by atoms with E-state index in [2.05, 4.69) is 30.1 Å². The maximum atomic E-state index is 6.72. The molecule has 0 saturated heterocycles. The Morgan fingerprint density at radius 1 is 1.05 bits per heavy atom. The predicted octanol–water partition coefficient (Wildman–Crippen LogP) is 5.11. The third-order valence-corrected chi connectivity index (χ3v) is 5.77. The molecule has 1 saturated carbocycles. The SMILES string of the molecule is CN(CC(Cl)c1ccc2c(c1)CCCC2)C1CCCCC1. The quantitative estimate of drug-likeness (QED) is 0.699. The molecule has 1 unspecified atom stereocenters. The average molecular weight is 306 g/mol. The molecule has 0 aliphatic heterocycles. The van der Waals surface area contributed by atoms with Gasteiger partial charge in [0.25, 0.3) is 0 Å². The van der Waals surface area contributed by atoms with E-state index < -0.39 is 0 Å². The lowest BCUT2D eigenvalue weighted by atomic mass is 9.89. The van der Waals surface area contributed by atoms with Crippen molar-refractivity contribution >= 4 is 11.6 Å². The Morgan fingerprint density at radius 2 is 1.76 bits per heavy atom. The molecule has 2 aliphatic carbocycles. The third kappa shape index (κ3) is 3.81. The summed E-state index contributed by atoms with van der Waals surface area (Å²) in [5.74, 6) is 0. The van der Waals surface area contributed by atoms with Crippen molar-refractivity contribution in [2.75, 3.05) is 13.6 Å². The summed E-state index contributed by atoms with van der Waals surface area (Å²) in [5, 5.41) is 0.129. The monoisotopic (exact) mass is 305 g/mol. The lowest BCUT2D eigenvalue weighted by Gasteiger charge is -2.32. The summed E-state index contributed by atoms with van der Waals surface area (Å²) in [6.07, 6.45) is 12.1. The van der Waals surface area contributed by atoms with Crippen LogP contribution in [0.3, 0.4) is 0 Å². The molecule has 0 amide bonds. The largest absolute Gasteiger partial charge is 0.302 e. The first-order valence-electron chi connectivity index (χ1n) is 8.70. The lowest BCUT2D eigenvalue weighted by Crippen LogP contribution is -2.35. The molecular formula is C19H28ClN. The number of halogens is 1. The van der Waals surface area contributed by atoms with Crippen molar-refractivity contribution in [1.29, 1.82) is 0 Å². The molecular weight excluding hydrogens is 278 g/mol. The van der Waals surface area contributed by atoms with Gasteiger partial charge in [0.15, 0.2) is 0 Å². The van der Waals surface area contributed by atoms with E-state index in [0.717, 1.165) is 12.6 Å². The van der Waals surface area contributed by atoms with E-state index in [1.807, 2.05) is 0 Å². The average Bonchev–Trinajstić information content (AvgIpc) is 2.55. The van der Waals surface area contributed by atoms with Crippen molar-refractivity contribution in [2.24, 2.45) is 0 Å². The first-order chi connectivity index (χ1) is 10.2. The number of fused-ring (bicyclic) bond motifs is 1. The highest BCUT2D eigenvalue weighted by Gasteiger charge is 2.21. The second-order valence-electron chi connectivity index (χ2n) is 6.93. The number of hydrogen-bond acceptors (Lipinski definition) is 1. The molecule has 0 bridgehead atoms. The van der Waals surface area contributed by atoms with Crippen molar-refractivity contribution in [3.8, 4) is 0 Å². The fraction of sp³-hybridized carbons (Fsp3) is 0.684. The van der Waals surface area contributed by atoms with E-state index >= 15 is 0 Å². The molecule has 0 spiro atoms. The number of nitrogens with zero attached hydrogens (tertiary/aromatic N) is 1. The van der Waals surface area contributed by atoms with Crippen LogP contribution in [-0.2, 0) is 12.8 Å². The van der Waals surface area contributed by atoms with Crippen molar-refractivity contribution in [1.82, 2.24) is 4.90 Å². The first kappa shape index (κ1) is 15.4. The minimum atomic E-state index is 0.129. The highest BCUT2D eigenvalue weighted by atomic mass is 35.5. The van der Waals surface area contributed by atoms with Crippen LogP contribution in [0.2, 0.25) is 0 Å². The number of aryl methyl sites for hydroxylation is 2. The summed E-state index contributed by atoms with van der Waals surface area (Å²) < 4.78 is 0. The van der Waals surface area contributed by atoms with Gasteiger partial charge >= 0.3 is 0 Å². The molecule has 116 valence electrons. The summed E-state index contributed by atoms with van der Waals surface area (Å²) in [4.78, 5) is 2.50. The molecule has 2 heteroatoms. The molecule has 1 atom stereocenters. The zero-order valence-corrected chi connectivity index (χ0v) is 14.0. The molecule has 21 heavy (non-hydrogen) atoms. The van der Waals surface area contributed by atoms with Crippen LogP contribution in [0, 0.1) is 0 Å². The Morgan fingerprint density at radius 3 is 2.52 bits per heavy atom. The first-order valence-corrected chi connectivity index (χ1v) is 9.13. The van der Waals surface area contributed by atoms with E-state index in [-0.39, 0.29) is 5.38 Å². The van der Waals surface area contributed by atoms with Gasteiger partial charge in [0.05, 0.1) is 5.38 Å². The fourth-order valence-electron chi connectivity index (χ4n) is 3.98. The van der Waals surface area contributed by atoms with E-state index in [4.69, 9.17) is 11.6 Å². The van der Waals surface area contributed by atoms with Gasteiger partial charge in [0.1, 0.15) is 0 Å². The molecule has 1 fully saturated rings. The van der Waals surface area contributed by atoms with Crippen LogP contribution >= 0.6 is 11.6 Å². The molecule has 0 radical (unpaired) electrons. The van der Waals surface area contributed by atoms with Gasteiger partial charge in [-0.3, -0.25) is 0 Å². The second kappa shape index (κ2) is 7.15. The number of rotatable bonds is 4. The molecule has 1 nitrogen and oxygen atoms in total. The van der Waals surface area contributed by atoms with Crippen molar-refractivity contribution in [3.05, 3.63) is 34.9 Å². The topological polar surface area (TPSA) is 3.24 Å². The van der Waals surface area contributed by atoms with Crippen molar-refractivity contribution in [2.45, 2.75) is 69.2 Å². The van der Waals surface area contributed by atoms with Gasteiger partial charge in [-0.2, -0.15) is 0 Å². The summed E-state index contributed by atoms with van der Waals surface area (Å²) in [6.45, 7) is 0.977. The van der Waals surface area contributed by atoms with Crippen LogP contribution in [0.5, 0.6) is 0 Å². The lowest BCUT2D eigenvalue weighted by molar-refractivity contribution is 0.192. The zero-order chi connectivity index (χ0) is 14.7. The maximum Gasteiger partial charge on any atom is 0.0712 e. The van der Waals surface area contributed by atoms with Gasteiger partial charge in [-0.05, 0) is 62.3 Å². The van der Waals surface area contributed by atoms with Crippen LogP contribution in [0.4, 0.5) is 0 Å². The van der Waals surface area contributed by atoms with E-state index in [0.29, 0.717) is 0 Å². The van der Waals surface area contributed by atoms with E-state index in [9.17, 15) is 0 Å². The zero-order valence-electron chi connectivity index (χ0n) is 13.3. The summed E-state index contributed by atoms with van der Waals surface area (Å²) in [6, 6.07) is 7.70. The standard InChI is InChI=1S/C19H28ClN/c1-21(18-9-3-2-4-10-18)14-19(20)17-12-11-15-7-5-6-8-16(15)13-17/h11-13,18-19H,2-10,14H2,1H3. The Kier molecular flexibility index (Phi) is 5.24. The third-order valence-electron chi connectivity index (χ3n) is 5.38. The van der Waals surface area contributed by atoms with Crippen LogP contribution < -0.4 is 0 Å². The van der Waals surface area contributed by atoms with Crippen LogP contribution in [-0.4, -0.2) is 24.5 Å². The number of likely N-dealkylation sites (N-methyl/N-ethyl adjacent to an activating group) is 1. The van der Waals surface area contributed by atoms with Gasteiger partial charge in [-0.25, -0.2) is 0 Å². The molecule has 0 heterocycles. The normalized spacial score (nSPS) is 21.3. The highest BCUT2D eigenvalue weighted by Crippen LogP contribution is 2.29. The van der Waals surface area contributed by atoms with Crippen molar-refractivity contribution < 1.29 is 0 Å². The van der Waals surface area contributed by atoms with Crippen molar-refractivity contribution in [3.63, 3.8) is 0 Å². The minimum absolute atomic E-state index is 0.129. The number of hydrogen-bond donors (Lipinski definition) is 0. The molecule has 1 aromatic carbocycles. The molecule has 3 rings (SSSR count). The second-order valence-corrected chi connectivity index (χ2v) is 7.46. The van der Waals surface area contributed by atoms with E-state index in [1.54, 1.807) is 11.1 Å². The van der Waals surface area contributed by atoms with E-state index in [1.165, 1.54) is 63.4 Å². The molecule has 0 aromatic heterocycles. The smallest absolute Gasteiger partial charge is 0.0712 e. The summed E-state index contributed by atoms with van der Waals surface area (Å²) >= 11 is 6.72. The number of benzene rings is 1. The Bertz CT molecular complexity index is 465. The number of alkyl halides is 1. The Hall–Kier alpha value is -0.530. The van der Waals surface area contributed by atoms with Gasteiger partial charge in [-0.1, -0.05) is 37.5 Å². The molecule has 2 aliphatic rings. The minimum Gasteiger partial charge on any atom is -0.302 e. The summed E-state index contributed by atoms with van der Waals surface area (Å²) in [5.41, 5.74) is 4.42. The fourth-order valence-corrected chi connectivity index (χ4v) is 4.33. The summed E-state index contributed by atoms with van der Waals surface area (Å²) in [7, 11) is 2.25. The van der Waals surface area contributed by atoms with Crippen LogP contribution in [0.15, 0.2) is 18.2 Å². The van der Waals surface area contributed by atoms with Gasteiger partial charge < -0.3 is 4.90 Å². The van der Waals surface area contributed by atoms with Gasteiger partial charge in [0, 0.05) is 12.6 Å². The molecule has 1 aromatic rings. The van der Waals surface area contributed by atoms with Gasteiger partial charge in [0.2, 0.25) is 0 Å². The molecule has 0 N–H and O–H groups in total.